The molecule has 0 unspecified atom stereocenters. The maximum atomic E-state index is 12.2. The van der Waals surface area contributed by atoms with Gasteiger partial charge in [-0.25, -0.2) is 0 Å². The lowest BCUT2D eigenvalue weighted by Gasteiger charge is -2.36. The molecule has 4 N–H and O–H groups in total. The van der Waals surface area contributed by atoms with E-state index in [2.05, 4.69) is 5.32 Å². The number of aliphatic hydroxyl groups is 2. The van der Waals surface area contributed by atoms with Gasteiger partial charge in [-0.05, 0) is 34.2 Å². The molecule has 0 spiro atoms. The van der Waals surface area contributed by atoms with Crippen molar-refractivity contribution in [2.24, 2.45) is 0 Å². The number of thioether (sulfide) groups is 1. The summed E-state index contributed by atoms with van der Waals surface area (Å²) < 4.78 is 12.8. The van der Waals surface area contributed by atoms with E-state index in [1.807, 2.05) is 72.8 Å². The molecule has 0 radical (unpaired) electrons. The lowest BCUT2D eigenvalue weighted by molar-refractivity contribution is -0.245. The molecule has 1 heterocycles. The van der Waals surface area contributed by atoms with E-state index < -0.39 is 12.3 Å². The van der Waals surface area contributed by atoms with Gasteiger partial charge >= 0.3 is 5.97 Å². The summed E-state index contributed by atoms with van der Waals surface area (Å²) in [4.78, 5) is 22.9. The zero-order valence-electron chi connectivity index (χ0n) is 22.9. The minimum Gasteiger partial charge on any atom is -0.481 e. The van der Waals surface area contributed by atoms with E-state index in [9.17, 15) is 19.8 Å². The Morgan fingerprint density at radius 3 is 2.34 bits per heavy atom. The van der Waals surface area contributed by atoms with E-state index in [0.717, 1.165) is 39.1 Å². The normalized spacial score (nSPS) is 18.6. The zero-order valence-corrected chi connectivity index (χ0v) is 23.7. The average Bonchev–Trinajstić information content (AvgIpc) is 3.00. The average molecular weight is 580 g/mol. The minimum absolute atomic E-state index is 0.00734. The number of aliphatic hydroxyl groups excluding tert-OH is 2. The van der Waals surface area contributed by atoms with Gasteiger partial charge in [-0.1, -0.05) is 72.8 Å². The number of amides is 1. The second-order valence-corrected chi connectivity index (χ2v) is 11.1. The topological polar surface area (TPSA) is 125 Å². The third-order valence-corrected chi connectivity index (χ3v) is 8.01. The highest BCUT2D eigenvalue weighted by Crippen LogP contribution is 2.39. The van der Waals surface area contributed by atoms with Crippen LogP contribution >= 0.6 is 11.8 Å². The van der Waals surface area contributed by atoms with Gasteiger partial charge in [-0.2, -0.15) is 11.8 Å². The number of benzene rings is 3. The molecule has 218 valence electrons. The highest BCUT2D eigenvalue weighted by atomic mass is 32.2. The molecule has 3 aromatic rings. The Bertz CT molecular complexity index is 1270. The minimum atomic E-state index is -0.904. The molecule has 4 rings (SSSR count). The molecule has 8 nitrogen and oxygen atoms in total. The molecule has 0 saturated carbocycles. The quantitative estimate of drug-likeness (QED) is 0.197. The molecule has 1 amide bonds. The van der Waals surface area contributed by atoms with Gasteiger partial charge in [0.25, 0.3) is 0 Å². The smallest absolute Gasteiger partial charge is 0.303 e. The van der Waals surface area contributed by atoms with Crippen LogP contribution in [0.25, 0.3) is 11.1 Å². The fourth-order valence-corrected chi connectivity index (χ4v) is 5.53. The number of rotatable bonds is 14. The first-order chi connectivity index (χ1) is 20.0. The van der Waals surface area contributed by atoms with Crippen molar-refractivity contribution in [2.45, 2.75) is 57.3 Å². The first-order valence-electron chi connectivity index (χ1n) is 13.8. The van der Waals surface area contributed by atoms with E-state index in [4.69, 9.17) is 14.6 Å². The van der Waals surface area contributed by atoms with E-state index in [0.29, 0.717) is 25.1 Å². The largest absolute Gasteiger partial charge is 0.481 e. The zero-order chi connectivity index (χ0) is 29.0. The number of ether oxygens (including phenoxy) is 2. The van der Waals surface area contributed by atoms with Crippen molar-refractivity contribution in [3.05, 3.63) is 95.1 Å². The number of carboxylic acids is 1. The summed E-state index contributed by atoms with van der Waals surface area (Å²) in [5, 5.41) is 30.3. The number of aliphatic carboxylic acids is 1. The molecule has 1 saturated heterocycles. The van der Waals surface area contributed by atoms with Crippen LogP contribution in [0.5, 0.6) is 0 Å². The highest BCUT2D eigenvalue weighted by Gasteiger charge is 2.32. The van der Waals surface area contributed by atoms with Crippen molar-refractivity contribution in [2.75, 3.05) is 18.1 Å². The van der Waals surface area contributed by atoms with Crippen LogP contribution in [0, 0.1) is 0 Å². The maximum absolute atomic E-state index is 12.2. The number of carboxylic acid groups (broad SMARTS) is 1. The van der Waals surface area contributed by atoms with Gasteiger partial charge in [0.1, 0.15) is 0 Å². The van der Waals surface area contributed by atoms with Crippen molar-refractivity contribution >= 4 is 23.6 Å². The first kappa shape index (κ1) is 30.7. The molecular weight excluding hydrogens is 542 g/mol. The Morgan fingerprint density at radius 1 is 0.902 bits per heavy atom. The Balaban J connectivity index is 1.46. The maximum Gasteiger partial charge on any atom is 0.303 e. The van der Waals surface area contributed by atoms with Crippen LogP contribution in [0.1, 0.15) is 60.3 Å². The van der Waals surface area contributed by atoms with Crippen molar-refractivity contribution in [1.29, 1.82) is 0 Å². The van der Waals surface area contributed by atoms with Crippen LogP contribution in [0.4, 0.5) is 0 Å². The second kappa shape index (κ2) is 15.7. The van der Waals surface area contributed by atoms with Gasteiger partial charge in [0.05, 0.1) is 25.4 Å². The summed E-state index contributed by atoms with van der Waals surface area (Å²) in [6, 6.07) is 23.7. The van der Waals surface area contributed by atoms with Crippen molar-refractivity contribution in [3.8, 4) is 11.1 Å². The fraction of sp³-hybridized carbons (Fsp3) is 0.375. The fourth-order valence-electron chi connectivity index (χ4n) is 4.76. The molecule has 1 fully saturated rings. The monoisotopic (exact) mass is 579 g/mol. The van der Waals surface area contributed by atoms with E-state index in [-0.39, 0.29) is 44.2 Å². The molecule has 41 heavy (non-hydrogen) atoms. The molecule has 1 aliphatic heterocycles. The SMILES string of the molecule is O=C(O)CCCC(=O)NCc1ccccc1-c1ccc([C@@H]2O[C@H](CSCCO)C[C@H](c3ccc(CO)cc3)O2)cc1. The van der Waals surface area contributed by atoms with Gasteiger partial charge in [-0.3, -0.25) is 9.59 Å². The van der Waals surface area contributed by atoms with Crippen molar-refractivity contribution in [1.82, 2.24) is 5.32 Å². The summed E-state index contributed by atoms with van der Waals surface area (Å²) in [7, 11) is 0. The second-order valence-electron chi connectivity index (χ2n) is 9.95. The Kier molecular flexibility index (Phi) is 11.8. The van der Waals surface area contributed by atoms with Crippen LogP contribution in [-0.4, -0.2) is 51.4 Å². The molecule has 0 aliphatic carbocycles. The Hall–Kier alpha value is -3.21. The molecule has 1 aliphatic rings. The van der Waals surface area contributed by atoms with Crippen molar-refractivity contribution < 1.29 is 34.4 Å². The number of hydrogen-bond acceptors (Lipinski definition) is 7. The molecule has 9 heteroatoms. The van der Waals surface area contributed by atoms with Gasteiger partial charge < -0.3 is 30.1 Å². The molecule has 3 atom stereocenters. The van der Waals surface area contributed by atoms with Gasteiger partial charge in [0.15, 0.2) is 6.29 Å². The molecule has 0 aromatic heterocycles. The van der Waals surface area contributed by atoms with Gasteiger partial charge in [-0.15, -0.1) is 0 Å². The third kappa shape index (κ3) is 9.14. The number of hydrogen-bond donors (Lipinski definition) is 4. The van der Waals surface area contributed by atoms with Gasteiger partial charge in [0, 0.05) is 42.9 Å². The predicted octanol–water partition coefficient (Wildman–Crippen LogP) is 4.99. The van der Waals surface area contributed by atoms with Crippen LogP contribution < -0.4 is 5.32 Å². The summed E-state index contributed by atoms with van der Waals surface area (Å²) in [5.74, 6) is 0.325. The van der Waals surface area contributed by atoms with Crippen LogP contribution in [-0.2, 0) is 32.2 Å². The van der Waals surface area contributed by atoms with E-state index in [1.165, 1.54) is 0 Å². The summed E-state index contributed by atoms with van der Waals surface area (Å²) >= 11 is 1.65. The van der Waals surface area contributed by atoms with Crippen LogP contribution in [0.15, 0.2) is 72.8 Å². The third-order valence-electron chi connectivity index (χ3n) is 6.94. The predicted molar refractivity (Wildman–Crippen MR) is 158 cm³/mol. The summed E-state index contributed by atoms with van der Waals surface area (Å²) in [6.07, 6.45) is 0.389. The lowest BCUT2D eigenvalue weighted by atomic mass is 9.97. The van der Waals surface area contributed by atoms with E-state index in [1.54, 1.807) is 11.8 Å². The standard InChI is InChI=1S/C32H37NO7S/c34-16-17-41-21-27-18-29(24-10-8-22(20-35)9-11-24)40-32(39-27)25-14-12-23(13-15-25)28-5-2-1-4-26(28)19-33-30(36)6-3-7-31(37)38/h1-2,4-5,8-15,27,29,32,34-35H,3,6-7,16-21H2,(H,33,36)(H,37,38)/t27-,29+,32+/m0/s1. The Labute approximate surface area is 244 Å². The van der Waals surface area contributed by atoms with Crippen molar-refractivity contribution in [3.63, 3.8) is 0 Å². The number of nitrogens with one attached hydrogen (secondary N) is 1. The Morgan fingerprint density at radius 2 is 1.63 bits per heavy atom. The molecule has 0 bridgehead atoms. The van der Waals surface area contributed by atoms with E-state index >= 15 is 0 Å². The first-order valence-corrected chi connectivity index (χ1v) is 15.0. The van der Waals surface area contributed by atoms with Crippen LogP contribution in [0.2, 0.25) is 0 Å². The van der Waals surface area contributed by atoms with Gasteiger partial charge in [0.2, 0.25) is 5.91 Å². The number of carbonyl (C=O) groups excluding carboxylic acids is 1. The molecular formula is C32H37NO7S. The summed E-state index contributed by atoms with van der Waals surface area (Å²) in [5.41, 5.74) is 5.72. The summed E-state index contributed by atoms with van der Waals surface area (Å²) in [6.45, 7) is 0.468. The highest BCUT2D eigenvalue weighted by molar-refractivity contribution is 7.99. The lowest BCUT2D eigenvalue weighted by Crippen LogP contribution is -2.31. The molecule has 3 aromatic carbocycles. The van der Waals surface area contributed by atoms with Crippen LogP contribution in [0.3, 0.4) is 0 Å². The number of carbonyl (C=O) groups is 2.